The number of halogens is 1. The highest BCUT2D eigenvalue weighted by Crippen LogP contribution is 2.28. The number of anilines is 1. The third kappa shape index (κ3) is 4.38. The zero-order valence-electron chi connectivity index (χ0n) is 14.1. The molecule has 0 aliphatic rings. The molecule has 5 heteroatoms. The van der Waals surface area contributed by atoms with Crippen molar-refractivity contribution in [2.45, 2.75) is 13.8 Å². The number of carbonyl (C=O) groups excluding carboxylic acids is 1. The van der Waals surface area contributed by atoms with Crippen LogP contribution in [-0.4, -0.2) is 20.1 Å². The third-order valence-corrected chi connectivity index (χ3v) is 4.08. The first-order valence-corrected chi connectivity index (χ1v) is 8.21. The predicted octanol–water partition coefficient (Wildman–Crippen LogP) is 4.82. The predicted molar refractivity (Wildman–Crippen MR) is 101 cm³/mol. The molecule has 1 amide bonds. The van der Waals surface area contributed by atoms with E-state index in [1.807, 2.05) is 49.4 Å². The van der Waals surface area contributed by atoms with E-state index in [4.69, 9.17) is 9.47 Å². The molecule has 0 aromatic heterocycles. The van der Waals surface area contributed by atoms with Gasteiger partial charge in [-0.25, -0.2) is 0 Å². The van der Waals surface area contributed by atoms with Gasteiger partial charge in [-0.2, -0.15) is 0 Å². The Kier molecular flexibility index (Phi) is 6.04. The molecule has 2 rings (SSSR count). The third-order valence-electron chi connectivity index (χ3n) is 3.59. The van der Waals surface area contributed by atoms with E-state index in [-0.39, 0.29) is 5.91 Å². The maximum absolute atomic E-state index is 12.4. The average Bonchev–Trinajstić information content (AvgIpc) is 2.57. The van der Waals surface area contributed by atoms with Crippen LogP contribution in [0.3, 0.4) is 0 Å². The summed E-state index contributed by atoms with van der Waals surface area (Å²) in [5.41, 5.74) is 3.26. The van der Waals surface area contributed by atoms with E-state index < -0.39 is 0 Å². The molecule has 0 fully saturated rings. The molecule has 24 heavy (non-hydrogen) atoms. The van der Waals surface area contributed by atoms with Crippen molar-refractivity contribution in [2.75, 3.05) is 19.5 Å². The molecule has 0 heterocycles. The van der Waals surface area contributed by atoms with Crippen LogP contribution < -0.4 is 14.8 Å². The molecule has 0 bridgehead atoms. The summed E-state index contributed by atoms with van der Waals surface area (Å²) in [4.78, 5) is 12.4. The maximum atomic E-state index is 12.4. The Morgan fingerprint density at radius 3 is 2.42 bits per heavy atom. The van der Waals surface area contributed by atoms with Crippen molar-refractivity contribution in [3.05, 3.63) is 57.6 Å². The highest BCUT2D eigenvalue weighted by atomic mass is 79.9. The Morgan fingerprint density at radius 2 is 1.79 bits per heavy atom. The Morgan fingerprint density at radius 1 is 1.08 bits per heavy atom. The van der Waals surface area contributed by atoms with E-state index in [0.29, 0.717) is 17.1 Å². The average molecular weight is 390 g/mol. The van der Waals surface area contributed by atoms with Crippen molar-refractivity contribution in [2.24, 2.45) is 0 Å². The van der Waals surface area contributed by atoms with Gasteiger partial charge in [0.1, 0.15) is 0 Å². The molecule has 0 aliphatic carbocycles. The fraction of sp³-hybridized carbons (Fsp3) is 0.211. The summed E-state index contributed by atoms with van der Waals surface area (Å²) in [5, 5.41) is 2.92. The van der Waals surface area contributed by atoms with Gasteiger partial charge in [-0.1, -0.05) is 22.0 Å². The van der Waals surface area contributed by atoms with Gasteiger partial charge in [0.15, 0.2) is 11.5 Å². The topological polar surface area (TPSA) is 47.6 Å². The minimum Gasteiger partial charge on any atom is -0.493 e. The first-order chi connectivity index (χ1) is 11.4. The van der Waals surface area contributed by atoms with Crippen LogP contribution in [0.1, 0.15) is 18.1 Å². The van der Waals surface area contributed by atoms with Crippen molar-refractivity contribution in [3.8, 4) is 11.5 Å². The standard InChI is InChI=1S/C19H20BrNO3/c1-12-10-15(20)6-7-16(12)21-19(22)13(2)9-14-5-8-17(23-3)18(11-14)24-4/h5-11H,1-4H3,(H,21,22)/b13-9+. The lowest BCUT2D eigenvalue weighted by Gasteiger charge is -2.10. The first kappa shape index (κ1) is 18.1. The minimum atomic E-state index is -0.143. The molecule has 0 saturated heterocycles. The molecule has 126 valence electrons. The van der Waals surface area contributed by atoms with Gasteiger partial charge < -0.3 is 14.8 Å². The molecule has 0 aliphatic heterocycles. The Balaban J connectivity index is 2.19. The molecular formula is C19H20BrNO3. The second kappa shape index (κ2) is 8.02. The monoisotopic (exact) mass is 389 g/mol. The molecule has 0 saturated carbocycles. The fourth-order valence-electron chi connectivity index (χ4n) is 2.25. The van der Waals surface area contributed by atoms with E-state index in [9.17, 15) is 4.79 Å². The summed E-state index contributed by atoms with van der Waals surface area (Å²) in [6, 6.07) is 11.3. The van der Waals surface area contributed by atoms with Crippen LogP contribution in [0.15, 0.2) is 46.4 Å². The zero-order chi connectivity index (χ0) is 17.7. The van der Waals surface area contributed by atoms with Gasteiger partial charge >= 0.3 is 0 Å². The van der Waals surface area contributed by atoms with Crippen LogP contribution in [-0.2, 0) is 4.79 Å². The number of ether oxygens (including phenoxy) is 2. The molecule has 2 aromatic rings. The number of benzene rings is 2. The van der Waals surface area contributed by atoms with E-state index >= 15 is 0 Å². The van der Waals surface area contributed by atoms with Gasteiger partial charge in [0.25, 0.3) is 5.91 Å². The zero-order valence-corrected chi connectivity index (χ0v) is 15.7. The van der Waals surface area contributed by atoms with Crippen LogP contribution in [0, 0.1) is 6.92 Å². The summed E-state index contributed by atoms with van der Waals surface area (Å²) in [5.74, 6) is 1.14. The number of aryl methyl sites for hydroxylation is 1. The molecule has 0 radical (unpaired) electrons. The van der Waals surface area contributed by atoms with Gasteiger partial charge in [0.2, 0.25) is 0 Å². The maximum Gasteiger partial charge on any atom is 0.251 e. The molecule has 0 spiro atoms. The first-order valence-electron chi connectivity index (χ1n) is 7.42. The van der Waals surface area contributed by atoms with Crippen LogP contribution in [0.4, 0.5) is 5.69 Å². The number of amides is 1. The van der Waals surface area contributed by atoms with Gasteiger partial charge in [0.05, 0.1) is 14.2 Å². The van der Waals surface area contributed by atoms with Crippen LogP contribution in [0.2, 0.25) is 0 Å². The number of nitrogens with one attached hydrogen (secondary N) is 1. The SMILES string of the molecule is COc1ccc(/C=C(\C)C(=O)Nc2ccc(Br)cc2C)cc1OC. The second-order valence-corrected chi connectivity index (χ2v) is 6.27. The second-order valence-electron chi connectivity index (χ2n) is 5.36. The highest BCUT2D eigenvalue weighted by Gasteiger charge is 2.09. The van der Waals surface area contributed by atoms with Crippen LogP contribution >= 0.6 is 15.9 Å². The lowest BCUT2D eigenvalue weighted by atomic mass is 10.1. The molecule has 0 unspecified atom stereocenters. The van der Waals surface area contributed by atoms with E-state index in [0.717, 1.165) is 21.3 Å². The molecule has 1 N–H and O–H groups in total. The Hall–Kier alpha value is -2.27. The number of hydrogen-bond donors (Lipinski definition) is 1. The molecule has 2 aromatic carbocycles. The molecule has 0 atom stereocenters. The Labute approximate surface area is 150 Å². The van der Waals surface area contributed by atoms with Crippen LogP contribution in [0.25, 0.3) is 6.08 Å². The summed E-state index contributed by atoms with van der Waals surface area (Å²) in [6.07, 6.45) is 1.81. The normalized spacial score (nSPS) is 11.1. The largest absolute Gasteiger partial charge is 0.493 e. The quantitative estimate of drug-likeness (QED) is 0.745. The van der Waals surface area contributed by atoms with Crippen molar-refractivity contribution in [1.82, 2.24) is 0 Å². The summed E-state index contributed by atoms with van der Waals surface area (Å²) < 4.78 is 11.5. The molecule has 4 nitrogen and oxygen atoms in total. The minimum absolute atomic E-state index is 0.143. The van der Waals surface area contributed by atoms with Crippen LogP contribution in [0.5, 0.6) is 11.5 Å². The van der Waals surface area contributed by atoms with Gasteiger partial charge in [0, 0.05) is 15.7 Å². The van der Waals surface area contributed by atoms with Crippen molar-refractivity contribution in [1.29, 1.82) is 0 Å². The number of rotatable bonds is 5. The molecular weight excluding hydrogens is 370 g/mol. The summed E-state index contributed by atoms with van der Waals surface area (Å²) >= 11 is 3.41. The lowest BCUT2D eigenvalue weighted by molar-refractivity contribution is -0.112. The number of carbonyl (C=O) groups is 1. The van der Waals surface area contributed by atoms with Gasteiger partial charge in [-0.15, -0.1) is 0 Å². The smallest absolute Gasteiger partial charge is 0.251 e. The fourth-order valence-corrected chi connectivity index (χ4v) is 2.72. The van der Waals surface area contributed by atoms with E-state index in [1.54, 1.807) is 21.1 Å². The van der Waals surface area contributed by atoms with Gasteiger partial charge in [-0.3, -0.25) is 4.79 Å². The van der Waals surface area contributed by atoms with E-state index in [1.165, 1.54) is 0 Å². The van der Waals surface area contributed by atoms with Crippen molar-refractivity contribution < 1.29 is 14.3 Å². The van der Waals surface area contributed by atoms with Gasteiger partial charge in [-0.05, 0) is 61.4 Å². The van der Waals surface area contributed by atoms with Crippen molar-refractivity contribution in [3.63, 3.8) is 0 Å². The van der Waals surface area contributed by atoms with Crippen molar-refractivity contribution >= 4 is 33.6 Å². The summed E-state index contributed by atoms with van der Waals surface area (Å²) in [7, 11) is 3.17. The number of hydrogen-bond acceptors (Lipinski definition) is 3. The number of methoxy groups -OCH3 is 2. The highest BCUT2D eigenvalue weighted by molar-refractivity contribution is 9.10. The van der Waals surface area contributed by atoms with E-state index in [2.05, 4.69) is 21.2 Å². The summed E-state index contributed by atoms with van der Waals surface area (Å²) in [6.45, 7) is 3.73. The lowest BCUT2D eigenvalue weighted by Crippen LogP contribution is -2.13. The Bertz CT molecular complexity index is 784.